The summed E-state index contributed by atoms with van der Waals surface area (Å²) in [6, 6.07) is 10.2. The predicted molar refractivity (Wildman–Crippen MR) is 100 cm³/mol. The van der Waals surface area contributed by atoms with E-state index in [1.54, 1.807) is 19.1 Å². The molecule has 0 aromatic heterocycles. The molecule has 0 saturated heterocycles. The van der Waals surface area contributed by atoms with Gasteiger partial charge in [0.2, 0.25) is 5.91 Å². The van der Waals surface area contributed by atoms with Gasteiger partial charge in [0.15, 0.2) is 0 Å². The van der Waals surface area contributed by atoms with Crippen LogP contribution in [0.25, 0.3) is 0 Å². The lowest BCUT2D eigenvalue weighted by atomic mass is 10.1. The molecule has 2 rings (SSSR count). The molecular weight excluding hydrogens is 353 g/mol. The van der Waals surface area contributed by atoms with Crippen molar-refractivity contribution in [1.29, 1.82) is 0 Å². The van der Waals surface area contributed by atoms with E-state index in [0.717, 1.165) is 0 Å². The molecule has 0 aliphatic heterocycles. The van der Waals surface area contributed by atoms with Crippen LogP contribution < -0.4 is 10.1 Å². The third-order valence-electron chi connectivity index (χ3n) is 3.95. The fourth-order valence-corrected chi connectivity index (χ4v) is 2.39. The number of likely N-dealkylation sites (N-methyl/N-ethyl adjacent to an activating group) is 1. The van der Waals surface area contributed by atoms with Crippen molar-refractivity contribution in [2.45, 2.75) is 13.3 Å². The van der Waals surface area contributed by atoms with E-state index < -0.39 is 4.92 Å². The Bertz CT molecular complexity index is 813. The third-order valence-corrected chi connectivity index (χ3v) is 3.95. The number of carbonyl (C=O) groups is 1. The van der Waals surface area contributed by atoms with Gasteiger partial charge in [0.05, 0.1) is 4.92 Å². The molecule has 0 fully saturated rings. The number of ether oxygens (including phenoxy) is 1. The maximum absolute atomic E-state index is 13.1. The van der Waals surface area contributed by atoms with Crippen LogP contribution in [-0.2, 0) is 4.79 Å². The summed E-state index contributed by atoms with van der Waals surface area (Å²) in [5.41, 5.74) is 1.18. The van der Waals surface area contributed by atoms with Crippen molar-refractivity contribution in [3.05, 3.63) is 64.0 Å². The van der Waals surface area contributed by atoms with E-state index in [4.69, 9.17) is 4.74 Å². The molecule has 0 spiro atoms. The van der Waals surface area contributed by atoms with Crippen molar-refractivity contribution >= 4 is 17.3 Å². The quantitative estimate of drug-likeness (QED) is 0.536. The Kier molecular flexibility index (Phi) is 7.25. The number of anilines is 1. The van der Waals surface area contributed by atoms with Crippen LogP contribution in [0.4, 0.5) is 15.8 Å². The number of nitro benzene ring substituents is 1. The van der Waals surface area contributed by atoms with E-state index in [-0.39, 0.29) is 23.8 Å². The van der Waals surface area contributed by atoms with Crippen LogP contribution in [-0.4, -0.2) is 42.5 Å². The number of hydrogen-bond acceptors (Lipinski definition) is 5. The molecule has 0 aliphatic rings. The van der Waals surface area contributed by atoms with Crippen molar-refractivity contribution in [3.63, 3.8) is 0 Å². The first-order valence-electron chi connectivity index (χ1n) is 8.47. The molecule has 0 aliphatic carbocycles. The molecule has 144 valence electrons. The topological polar surface area (TPSA) is 84.7 Å². The first-order valence-corrected chi connectivity index (χ1v) is 8.47. The first-order chi connectivity index (χ1) is 12.8. The van der Waals surface area contributed by atoms with Gasteiger partial charge in [0.1, 0.15) is 18.2 Å². The Morgan fingerprint density at radius 3 is 2.70 bits per heavy atom. The van der Waals surface area contributed by atoms with Crippen LogP contribution in [0.1, 0.15) is 12.0 Å². The number of rotatable bonds is 9. The van der Waals surface area contributed by atoms with Gasteiger partial charge in [0, 0.05) is 43.4 Å². The number of benzene rings is 2. The maximum Gasteiger partial charge on any atom is 0.269 e. The van der Waals surface area contributed by atoms with Crippen molar-refractivity contribution in [3.8, 4) is 5.75 Å². The van der Waals surface area contributed by atoms with Gasteiger partial charge in [-0.2, -0.15) is 0 Å². The summed E-state index contributed by atoms with van der Waals surface area (Å²) in [7, 11) is 1.86. The second-order valence-corrected chi connectivity index (χ2v) is 6.16. The van der Waals surface area contributed by atoms with Crippen LogP contribution in [0, 0.1) is 22.9 Å². The second kappa shape index (κ2) is 9.63. The lowest BCUT2D eigenvalue weighted by Crippen LogP contribution is -2.28. The molecule has 0 bridgehead atoms. The lowest BCUT2D eigenvalue weighted by Gasteiger charge is -2.17. The monoisotopic (exact) mass is 375 g/mol. The van der Waals surface area contributed by atoms with Crippen LogP contribution in [0.15, 0.2) is 42.5 Å². The van der Waals surface area contributed by atoms with Gasteiger partial charge in [-0.3, -0.25) is 14.9 Å². The minimum atomic E-state index is -0.473. The molecule has 0 radical (unpaired) electrons. The maximum atomic E-state index is 13.1. The summed E-state index contributed by atoms with van der Waals surface area (Å²) in [6.07, 6.45) is 0.271. The third kappa shape index (κ3) is 6.67. The zero-order valence-electron chi connectivity index (χ0n) is 15.3. The van der Waals surface area contributed by atoms with Crippen LogP contribution in [0.3, 0.4) is 0 Å². The Morgan fingerprint density at radius 1 is 1.26 bits per heavy atom. The number of nitrogens with zero attached hydrogens (tertiary/aromatic N) is 2. The highest BCUT2D eigenvalue weighted by Gasteiger charge is 2.11. The summed E-state index contributed by atoms with van der Waals surface area (Å²) >= 11 is 0. The molecule has 1 N–H and O–H groups in total. The number of non-ortho nitro benzene ring substituents is 1. The zero-order valence-corrected chi connectivity index (χ0v) is 15.3. The molecule has 2 aromatic rings. The van der Waals surface area contributed by atoms with Crippen molar-refractivity contribution in [2.24, 2.45) is 0 Å². The number of carbonyl (C=O) groups excluding carboxylic acids is 1. The Hall–Kier alpha value is -3.00. The molecule has 8 heteroatoms. The number of amides is 1. The Labute approximate surface area is 156 Å². The van der Waals surface area contributed by atoms with E-state index >= 15 is 0 Å². The Balaban J connectivity index is 1.72. The molecule has 0 heterocycles. The average molecular weight is 375 g/mol. The van der Waals surface area contributed by atoms with E-state index in [0.29, 0.717) is 36.7 Å². The number of nitrogens with one attached hydrogen (secondary N) is 1. The van der Waals surface area contributed by atoms with Crippen molar-refractivity contribution in [2.75, 3.05) is 32.1 Å². The highest BCUT2D eigenvalue weighted by molar-refractivity contribution is 5.91. The fraction of sp³-hybridized carbons (Fsp3) is 0.316. The predicted octanol–water partition coefficient (Wildman–Crippen LogP) is 3.38. The minimum absolute atomic E-state index is 0.0106. The van der Waals surface area contributed by atoms with Gasteiger partial charge in [-0.05, 0) is 37.7 Å². The van der Waals surface area contributed by atoms with Crippen LogP contribution in [0.2, 0.25) is 0 Å². The summed E-state index contributed by atoms with van der Waals surface area (Å²) < 4.78 is 18.5. The van der Waals surface area contributed by atoms with Crippen LogP contribution >= 0.6 is 0 Å². The first kappa shape index (κ1) is 20.3. The lowest BCUT2D eigenvalue weighted by molar-refractivity contribution is -0.384. The van der Waals surface area contributed by atoms with E-state index in [1.165, 1.54) is 30.3 Å². The summed E-state index contributed by atoms with van der Waals surface area (Å²) in [4.78, 5) is 24.3. The molecular formula is C19H22FN3O4. The fourth-order valence-electron chi connectivity index (χ4n) is 2.39. The van der Waals surface area contributed by atoms with Gasteiger partial charge in [0.25, 0.3) is 5.69 Å². The second-order valence-electron chi connectivity index (χ2n) is 6.16. The number of aryl methyl sites for hydroxylation is 1. The number of halogens is 1. The Morgan fingerprint density at radius 2 is 2.04 bits per heavy atom. The largest absolute Gasteiger partial charge is 0.492 e. The molecule has 7 nitrogen and oxygen atoms in total. The van der Waals surface area contributed by atoms with Gasteiger partial charge in [-0.15, -0.1) is 0 Å². The molecule has 27 heavy (non-hydrogen) atoms. The molecule has 0 atom stereocenters. The minimum Gasteiger partial charge on any atom is -0.492 e. The molecule has 0 saturated carbocycles. The van der Waals surface area contributed by atoms with Gasteiger partial charge in [-0.25, -0.2) is 4.39 Å². The highest BCUT2D eigenvalue weighted by Crippen LogP contribution is 2.21. The van der Waals surface area contributed by atoms with Crippen molar-refractivity contribution in [1.82, 2.24) is 4.90 Å². The van der Waals surface area contributed by atoms with Crippen molar-refractivity contribution < 1.29 is 18.8 Å². The summed E-state index contributed by atoms with van der Waals surface area (Å²) in [6.45, 7) is 3.19. The normalized spacial score (nSPS) is 10.7. The van der Waals surface area contributed by atoms with Gasteiger partial charge >= 0.3 is 0 Å². The summed E-state index contributed by atoms with van der Waals surface area (Å²) in [5.74, 6) is -0.0568. The molecule has 2 aromatic carbocycles. The number of hydrogen-bond donors (Lipinski definition) is 1. The zero-order chi connectivity index (χ0) is 19.8. The SMILES string of the molecule is Cc1cc([N+](=O)[O-])ccc1NC(=O)CCN(C)CCOc1cccc(F)c1. The van der Waals surface area contributed by atoms with Crippen LogP contribution in [0.5, 0.6) is 5.75 Å². The molecule has 0 unspecified atom stereocenters. The van der Waals surface area contributed by atoms with Gasteiger partial charge in [-0.1, -0.05) is 6.07 Å². The van der Waals surface area contributed by atoms with E-state index in [9.17, 15) is 19.3 Å². The van der Waals surface area contributed by atoms with E-state index in [2.05, 4.69) is 5.32 Å². The summed E-state index contributed by atoms with van der Waals surface area (Å²) in [5, 5.41) is 13.5. The number of nitro groups is 1. The average Bonchev–Trinajstić information content (AvgIpc) is 2.61. The standard InChI is InChI=1S/C19H22FN3O4/c1-14-12-16(23(25)26)6-7-18(14)21-19(24)8-9-22(2)10-11-27-17-5-3-4-15(20)13-17/h3-7,12-13H,8-11H2,1-2H3,(H,21,24). The van der Waals surface area contributed by atoms with Gasteiger partial charge < -0.3 is 15.0 Å². The molecule has 1 amide bonds. The smallest absolute Gasteiger partial charge is 0.269 e. The highest BCUT2D eigenvalue weighted by atomic mass is 19.1. The van der Waals surface area contributed by atoms with E-state index in [1.807, 2.05) is 11.9 Å².